The molecule has 35 heavy (non-hydrogen) atoms. The minimum Gasteiger partial charge on any atom is -0.354 e. The number of nitrogens with zero attached hydrogens (tertiary/aromatic N) is 3. The van der Waals surface area contributed by atoms with Crippen LogP contribution in [0.2, 0.25) is 0 Å². The Bertz CT molecular complexity index is 1190. The lowest BCUT2D eigenvalue weighted by Crippen LogP contribution is -2.63. The summed E-state index contributed by atoms with van der Waals surface area (Å²) in [5.41, 5.74) is 0.685. The van der Waals surface area contributed by atoms with E-state index < -0.39 is 5.54 Å². The van der Waals surface area contributed by atoms with E-state index >= 15 is 0 Å². The lowest BCUT2D eigenvalue weighted by atomic mass is 9.92. The number of para-hydroxylation sites is 1. The second kappa shape index (κ2) is 9.78. The highest BCUT2D eigenvalue weighted by Gasteiger charge is 2.47. The van der Waals surface area contributed by atoms with Gasteiger partial charge in [-0.2, -0.15) is 0 Å². The number of carbonyl (C=O) groups excluding carboxylic acids is 2. The number of likely N-dealkylation sites (tertiary alicyclic amines) is 1. The summed E-state index contributed by atoms with van der Waals surface area (Å²) in [6.07, 6.45) is 2.22. The molecule has 0 saturated carbocycles. The van der Waals surface area contributed by atoms with E-state index in [4.69, 9.17) is 0 Å². The number of rotatable bonds is 7. The molecule has 186 valence electrons. The van der Waals surface area contributed by atoms with Crippen LogP contribution in [0.3, 0.4) is 0 Å². The predicted octanol–water partition coefficient (Wildman–Crippen LogP) is 4.60. The van der Waals surface area contributed by atoms with Gasteiger partial charge in [-0.25, -0.2) is 0 Å². The molecule has 6 nitrogen and oxygen atoms in total. The summed E-state index contributed by atoms with van der Waals surface area (Å²) >= 11 is 1.62. The van der Waals surface area contributed by atoms with Gasteiger partial charge in [-0.15, -0.1) is 11.3 Å². The molecule has 2 aliphatic rings. The number of amides is 2. The molecule has 2 aliphatic heterocycles. The molecule has 1 fully saturated rings. The Kier molecular flexibility index (Phi) is 6.73. The lowest BCUT2D eigenvalue weighted by molar-refractivity contribution is -0.133. The molecule has 3 atom stereocenters. The number of aromatic nitrogens is 1. The van der Waals surface area contributed by atoms with E-state index in [9.17, 15) is 9.59 Å². The Balaban J connectivity index is 1.33. The third-order valence-corrected chi connectivity index (χ3v) is 8.46. The molecule has 1 N–H and O–H groups in total. The van der Waals surface area contributed by atoms with E-state index in [0.29, 0.717) is 25.3 Å². The molecule has 7 heteroatoms. The zero-order valence-corrected chi connectivity index (χ0v) is 21.8. The number of thiophene rings is 1. The average molecular weight is 493 g/mol. The molecular weight excluding hydrogens is 456 g/mol. The SMILES string of the molecule is CC1CC(C)CN(CCCNC(=O)C2(C)Cn3c(cc4ccccc43)C(=O)N2Cc2cccs2)C1. The fourth-order valence-electron chi connectivity index (χ4n) is 5.98. The molecule has 0 radical (unpaired) electrons. The van der Waals surface area contributed by atoms with Crippen molar-refractivity contribution in [1.82, 2.24) is 19.7 Å². The summed E-state index contributed by atoms with van der Waals surface area (Å²) in [6.45, 7) is 11.3. The highest BCUT2D eigenvalue weighted by molar-refractivity contribution is 7.09. The third kappa shape index (κ3) is 4.76. The van der Waals surface area contributed by atoms with E-state index in [0.717, 1.165) is 53.7 Å². The van der Waals surface area contributed by atoms with Gasteiger partial charge in [0.1, 0.15) is 11.2 Å². The molecule has 0 spiro atoms. The van der Waals surface area contributed by atoms with Gasteiger partial charge in [-0.05, 0) is 61.7 Å². The number of fused-ring (bicyclic) bond motifs is 3. The molecular formula is C28H36N4O2S. The number of piperidine rings is 1. The van der Waals surface area contributed by atoms with Gasteiger partial charge in [0.25, 0.3) is 5.91 Å². The summed E-state index contributed by atoms with van der Waals surface area (Å²) in [5, 5.41) is 6.23. The van der Waals surface area contributed by atoms with E-state index in [-0.39, 0.29) is 11.8 Å². The fourth-order valence-corrected chi connectivity index (χ4v) is 6.67. The second-order valence-corrected chi connectivity index (χ2v) is 11.8. The van der Waals surface area contributed by atoms with Gasteiger partial charge < -0.3 is 19.7 Å². The Morgan fingerprint density at radius 1 is 1.14 bits per heavy atom. The molecule has 1 aromatic carbocycles. The molecule has 3 unspecified atom stereocenters. The summed E-state index contributed by atoms with van der Waals surface area (Å²) in [5.74, 6) is 1.30. The van der Waals surface area contributed by atoms with Gasteiger partial charge in [-0.1, -0.05) is 38.1 Å². The van der Waals surface area contributed by atoms with Crippen molar-refractivity contribution in [2.75, 3.05) is 26.2 Å². The van der Waals surface area contributed by atoms with Crippen LogP contribution in [0.5, 0.6) is 0 Å². The van der Waals surface area contributed by atoms with Crippen LogP contribution in [0.15, 0.2) is 47.8 Å². The first-order valence-electron chi connectivity index (χ1n) is 12.8. The molecule has 4 heterocycles. The van der Waals surface area contributed by atoms with Crippen LogP contribution >= 0.6 is 11.3 Å². The van der Waals surface area contributed by atoms with Crippen molar-refractivity contribution < 1.29 is 9.59 Å². The molecule has 2 aromatic heterocycles. The van der Waals surface area contributed by atoms with Crippen molar-refractivity contribution in [3.8, 4) is 0 Å². The van der Waals surface area contributed by atoms with Crippen LogP contribution in [-0.4, -0.2) is 57.9 Å². The van der Waals surface area contributed by atoms with Crippen LogP contribution in [0.1, 0.15) is 49.0 Å². The maximum absolute atomic E-state index is 13.8. The Morgan fingerprint density at radius 3 is 2.66 bits per heavy atom. The zero-order chi connectivity index (χ0) is 24.6. The van der Waals surface area contributed by atoms with Gasteiger partial charge in [0.15, 0.2) is 0 Å². The van der Waals surface area contributed by atoms with Crippen LogP contribution in [0.4, 0.5) is 0 Å². The van der Waals surface area contributed by atoms with Gasteiger partial charge in [0, 0.05) is 35.4 Å². The average Bonchev–Trinajstić information content (AvgIpc) is 3.47. The van der Waals surface area contributed by atoms with E-state index in [1.807, 2.05) is 59.3 Å². The summed E-state index contributed by atoms with van der Waals surface area (Å²) in [7, 11) is 0. The maximum Gasteiger partial charge on any atom is 0.271 e. The predicted molar refractivity (Wildman–Crippen MR) is 142 cm³/mol. The van der Waals surface area contributed by atoms with Crippen LogP contribution < -0.4 is 5.32 Å². The van der Waals surface area contributed by atoms with E-state index in [1.54, 1.807) is 16.2 Å². The molecule has 0 bridgehead atoms. The lowest BCUT2D eigenvalue weighted by Gasteiger charge is -2.44. The van der Waals surface area contributed by atoms with Gasteiger partial charge in [0.05, 0.1) is 13.1 Å². The van der Waals surface area contributed by atoms with Crippen LogP contribution in [-0.2, 0) is 17.9 Å². The Labute approximate surface area is 211 Å². The topological polar surface area (TPSA) is 57.6 Å². The third-order valence-electron chi connectivity index (χ3n) is 7.60. The molecule has 0 aliphatic carbocycles. The molecule has 3 aromatic rings. The van der Waals surface area contributed by atoms with Crippen molar-refractivity contribution in [2.45, 2.75) is 52.2 Å². The minimum atomic E-state index is -0.968. The molecule has 5 rings (SSSR count). The first-order chi connectivity index (χ1) is 16.8. The number of carbonyl (C=O) groups is 2. The van der Waals surface area contributed by atoms with Crippen LogP contribution in [0.25, 0.3) is 10.9 Å². The number of hydrogen-bond acceptors (Lipinski definition) is 4. The highest BCUT2D eigenvalue weighted by atomic mass is 32.1. The Morgan fingerprint density at radius 2 is 1.91 bits per heavy atom. The van der Waals surface area contributed by atoms with Crippen molar-refractivity contribution in [1.29, 1.82) is 0 Å². The van der Waals surface area contributed by atoms with E-state index in [1.165, 1.54) is 6.42 Å². The van der Waals surface area contributed by atoms with Crippen molar-refractivity contribution in [3.63, 3.8) is 0 Å². The number of hydrogen-bond donors (Lipinski definition) is 1. The van der Waals surface area contributed by atoms with Crippen molar-refractivity contribution >= 4 is 34.1 Å². The number of nitrogens with one attached hydrogen (secondary N) is 1. The summed E-state index contributed by atoms with van der Waals surface area (Å²) in [4.78, 5) is 32.8. The quantitative estimate of drug-likeness (QED) is 0.491. The van der Waals surface area contributed by atoms with Crippen LogP contribution in [0, 0.1) is 11.8 Å². The maximum atomic E-state index is 13.8. The minimum absolute atomic E-state index is 0.0776. The van der Waals surface area contributed by atoms with Gasteiger partial charge >= 0.3 is 0 Å². The second-order valence-electron chi connectivity index (χ2n) is 10.7. The van der Waals surface area contributed by atoms with Crippen molar-refractivity contribution in [2.24, 2.45) is 11.8 Å². The molecule has 1 saturated heterocycles. The summed E-state index contributed by atoms with van der Waals surface area (Å²) < 4.78 is 2.03. The zero-order valence-electron chi connectivity index (χ0n) is 21.0. The van der Waals surface area contributed by atoms with Gasteiger partial charge in [-0.3, -0.25) is 9.59 Å². The largest absolute Gasteiger partial charge is 0.354 e. The van der Waals surface area contributed by atoms with Gasteiger partial charge in [0.2, 0.25) is 5.91 Å². The Hall–Kier alpha value is -2.64. The summed E-state index contributed by atoms with van der Waals surface area (Å²) in [6, 6.07) is 14.0. The smallest absolute Gasteiger partial charge is 0.271 e. The fraction of sp³-hybridized carbons (Fsp3) is 0.500. The monoisotopic (exact) mass is 492 g/mol. The van der Waals surface area contributed by atoms with Crippen molar-refractivity contribution in [3.05, 3.63) is 58.4 Å². The molecule has 2 amide bonds. The first-order valence-corrected chi connectivity index (χ1v) is 13.7. The first kappa shape index (κ1) is 24.1. The normalized spacial score (nSPS) is 25.1. The standard InChI is InChI=1S/C28H36N4O2S/c1-20-14-21(2)17-30(16-20)12-7-11-29-27(34)28(3)19-31-24-10-5-4-8-22(24)15-25(31)26(33)32(28)18-23-9-6-13-35-23/h4-6,8-10,13,15,20-21H,7,11-12,14,16-19H2,1-3H3,(H,29,34). The highest BCUT2D eigenvalue weighted by Crippen LogP contribution is 2.34. The van der Waals surface area contributed by atoms with E-state index in [2.05, 4.69) is 24.1 Å². The number of benzene rings is 1.